The van der Waals surface area contributed by atoms with E-state index in [4.69, 9.17) is 0 Å². The van der Waals surface area contributed by atoms with E-state index in [0.717, 1.165) is 0 Å². The third kappa shape index (κ3) is 2.75. The van der Waals surface area contributed by atoms with Crippen LogP contribution < -0.4 is 10.6 Å². The second kappa shape index (κ2) is 5.92. The maximum atomic E-state index is 12.5. The number of aryl methyl sites for hydroxylation is 1. The first-order valence-corrected chi connectivity index (χ1v) is 6.57. The Morgan fingerprint density at radius 2 is 2.20 bits per heavy atom. The van der Waals surface area contributed by atoms with Gasteiger partial charge in [0.05, 0.1) is 0 Å². The molecular formula is C14H19N3O3. The summed E-state index contributed by atoms with van der Waals surface area (Å²) < 4.78 is 0. The highest BCUT2D eigenvalue weighted by Crippen LogP contribution is 2.19. The van der Waals surface area contributed by atoms with E-state index in [-0.39, 0.29) is 17.6 Å². The highest BCUT2D eigenvalue weighted by Gasteiger charge is 2.32. The zero-order valence-corrected chi connectivity index (χ0v) is 11.6. The van der Waals surface area contributed by atoms with Crippen LogP contribution >= 0.6 is 0 Å². The zero-order chi connectivity index (χ0) is 14.7. The zero-order valence-electron chi connectivity index (χ0n) is 11.6. The summed E-state index contributed by atoms with van der Waals surface area (Å²) in [7, 11) is 1.55. The van der Waals surface area contributed by atoms with E-state index in [1.54, 1.807) is 31.0 Å². The monoisotopic (exact) mass is 277 g/mol. The minimum absolute atomic E-state index is 0.0856. The predicted octanol–water partition coefficient (Wildman–Crippen LogP) is -0.139. The van der Waals surface area contributed by atoms with Crippen LogP contribution in [0, 0.1) is 6.92 Å². The number of nitrogens with zero attached hydrogens (tertiary/aromatic N) is 1. The second-order valence-electron chi connectivity index (χ2n) is 4.83. The molecule has 108 valence electrons. The number of carbonyl (C=O) groups excluding carboxylic acids is 2. The summed E-state index contributed by atoms with van der Waals surface area (Å²) in [6, 6.07) is 4.28. The Kier molecular flexibility index (Phi) is 4.24. The number of hydrogen-bond acceptors (Lipinski definition) is 4. The number of phenolic OH excluding ortho intramolecular Hbond substituents is 1. The van der Waals surface area contributed by atoms with Gasteiger partial charge in [-0.05, 0) is 24.6 Å². The van der Waals surface area contributed by atoms with E-state index in [1.165, 1.54) is 6.07 Å². The van der Waals surface area contributed by atoms with Crippen molar-refractivity contribution in [2.45, 2.75) is 13.0 Å². The van der Waals surface area contributed by atoms with Gasteiger partial charge in [0.15, 0.2) is 0 Å². The minimum atomic E-state index is -0.523. The quantitative estimate of drug-likeness (QED) is 0.703. The van der Waals surface area contributed by atoms with Crippen LogP contribution in [0.5, 0.6) is 5.75 Å². The molecule has 6 nitrogen and oxygen atoms in total. The number of amides is 2. The predicted molar refractivity (Wildman–Crippen MR) is 74.6 cm³/mol. The average molecular weight is 277 g/mol. The first-order chi connectivity index (χ1) is 9.54. The number of nitrogens with one attached hydrogen (secondary N) is 2. The fourth-order valence-corrected chi connectivity index (χ4v) is 2.26. The summed E-state index contributed by atoms with van der Waals surface area (Å²) in [5.41, 5.74) is 1.11. The summed E-state index contributed by atoms with van der Waals surface area (Å²) >= 11 is 0. The van der Waals surface area contributed by atoms with Gasteiger partial charge < -0.3 is 20.6 Å². The highest BCUT2D eigenvalue weighted by molar-refractivity contribution is 5.98. The molecular weight excluding hydrogens is 258 g/mol. The molecule has 0 bridgehead atoms. The van der Waals surface area contributed by atoms with Gasteiger partial charge >= 0.3 is 0 Å². The van der Waals surface area contributed by atoms with E-state index in [9.17, 15) is 14.7 Å². The molecule has 0 aromatic heterocycles. The van der Waals surface area contributed by atoms with E-state index in [1.807, 2.05) is 0 Å². The van der Waals surface area contributed by atoms with E-state index in [0.29, 0.717) is 30.8 Å². The van der Waals surface area contributed by atoms with Gasteiger partial charge in [0.1, 0.15) is 11.8 Å². The van der Waals surface area contributed by atoms with Crippen LogP contribution in [-0.2, 0) is 4.79 Å². The molecule has 1 fully saturated rings. The molecule has 0 saturated carbocycles. The number of carbonyl (C=O) groups is 2. The van der Waals surface area contributed by atoms with Crippen molar-refractivity contribution in [1.29, 1.82) is 0 Å². The molecule has 2 rings (SSSR count). The summed E-state index contributed by atoms with van der Waals surface area (Å²) in [6.45, 7) is 3.31. The summed E-state index contributed by atoms with van der Waals surface area (Å²) in [5.74, 6) is -0.347. The van der Waals surface area contributed by atoms with Crippen molar-refractivity contribution < 1.29 is 14.7 Å². The summed E-state index contributed by atoms with van der Waals surface area (Å²) in [6.07, 6.45) is 0. The lowest BCUT2D eigenvalue weighted by Gasteiger charge is -2.35. The van der Waals surface area contributed by atoms with Gasteiger partial charge in [-0.3, -0.25) is 9.59 Å². The Morgan fingerprint density at radius 1 is 1.45 bits per heavy atom. The lowest BCUT2D eigenvalue weighted by Crippen LogP contribution is -2.59. The maximum Gasteiger partial charge on any atom is 0.254 e. The van der Waals surface area contributed by atoms with Gasteiger partial charge in [-0.15, -0.1) is 0 Å². The number of hydrogen-bond donors (Lipinski definition) is 3. The summed E-state index contributed by atoms with van der Waals surface area (Å²) in [5, 5.41) is 15.4. The topological polar surface area (TPSA) is 81.7 Å². The molecule has 1 unspecified atom stereocenters. The maximum absolute atomic E-state index is 12.5. The SMILES string of the molecule is CNC(=O)C1CNCCN1C(=O)c1ccc(C)c(O)c1. The van der Waals surface area contributed by atoms with Crippen molar-refractivity contribution in [1.82, 2.24) is 15.5 Å². The van der Waals surface area contributed by atoms with Gasteiger partial charge in [-0.2, -0.15) is 0 Å². The Hall–Kier alpha value is -2.08. The smallest absolute Gasteiger partial charge is 0.254 e. The van der Waals surface area contributed by atoms with Crippen LogP contribution in [0.25, 0.3) is 0 Å². The van der Waals surface area contributed by atoms with Gasteiger partial charge in [0.25, 0.3) is 5.91 Å². The van der Waals surface area contributed by atoms with Crippen molar-refractivity contribution in [2.24, 2.45) is 0 Å². The number of phenols is 1. The third-order valence-electron chi connectivity index (χ3n) is 3.51. The van der Waals surface area contributed by atoms with Crippen LogP contribution in [0.15, 0.2) is 18.2 Å². The van der Waals surface area contributed by atoms with Gasteiger partial charge in [-0.1, -0.05) is 6.07 Å². The van der Waals surface area contributed by atoms with Crippen molar-refractivity contribution >= 4 is 11.8 Å². The number of aromatic hydroxyl groups is 1. The van der Waals surface area contributed by atoms with E-state index < -0.39 is 6.04 Å². The van der Waals surface area contributed by atoms with Crippen molar-refractivity contribution in [3.8, 4) is 5.75 Å². The first-order valence-electron chi connectivity index (χ1n) is 6.57. The van der Waals surface area contributed by atoms with Crippen LogP contribution in [0.3, 0.4) is 0 Å². The van der Waals surface area contributed by atoms with Crippen LogP contribution in [-0.4, -0.2) is 54.5 Å². The van der Waals surface area contributed by atoms with Crippen LogP contribution in [0.1, 0.15) is 15.9 Å². The summed E-state index contributed by atoms with van der Waals surface area (Å²) in [4.78, 5) is 25.9. The molecule has 3 N–H and O–H groups in total. The van der Waals surface area contributed by atoms with Crippen molar-refractivity contribution in [3.63, 3.8) is 0 Å². The molecule has 0 radical (unpaired) electrons. The Morgan fingerprint density at radius 3 is 2.85 bits per heavy atom. The first kappa shape index (κ1) is 14.3. The molecule has 0 aliphatic carbocycles. The van der Waals surface area contributed by atoms with Crippen LogP contribution in [0.2, 0.25) is 0 Å². The molecule has 1 atom stereocenters. The average Bonchev–Trinajstić information content (AvgIpc) is 2.48. The van der Waals surface area contributed by atoms with Gasteiger partial charge in [-0.25, -0.2) is 0 Å². The molecule has 20 heavy (non-hydrogen) atoms. The Balaban J connectivity index is 2.25. The van der Waals surface area contributed by atoms with Gasteiger partial charge in [0.2, 0.25) is 5.91 Å². The molecule has 1 aromatic carbocycles. The standard InChI is InChI=1S/C14H19N3O3/c1-9-3-4-10(7-12(9)18)14(20)17-6-5-16-8-11(17)13(19)15-2/h3-4,7,11,16,18H,5-6,8H2,1-2H3,(H,15,19). The minimum Gasteiger partial charge on any atom is -0.508 e. The number of rotatable bonds is 2. The lowest BCUT2D eigenvalue weighted by atomic mass is 10.1. The molecule has 1 aliphatic rings. The second-order valence-corrected chi connectivity index (χ2v) is 4.83. The molecule has 1 aliphatic heterocycles. The van der Waals surface area contributed by atoms with E-state index in [2.05, 4.69) is 10.6 Å². The number of likely N-dealkylation sites (N-methyl/N-ethyl adjacent to an activating group) is 1. The molecule has 1 saturated heterocycles. The number of benzene rings is 1. The highest BCUT2D eigenvalue weighted by atomic mass is 16.3. The fourth-order valence-electron chi connectivity index (χ4n) is 2.26. The number of piperazine rings is 1. The fraction of sp³-hybridized carbons (Fsp3) is 0.429. The van der Waals surface area contributed by atoms with Crippen molar-refractivity contribution in [3.05, 3.63) is 29.3 Å². The van der Waals surface area contributed by atoms with Crippen molar-refractivity contribution in [2.75, 3.05) is 26.7 Å². The third-order valence-corrected chi connectivity index (χ3v) is 3.51. The largest absolute Gasteiger partial charge is 0.508 e. The molecule has 1 heterocycles. The van der Waals surface area contributed by atoms with Gasteiger partial charge in [0, 0.05) is 32.2 Å². The molecule has 1 aromatic rings. The Bertz CT molecular complexity index is 530. The molecule has 6 heteroatoms. The normalized spacial score (nSPS) is 18.7. The molecule has 2 amide bonds. The van der Waals surface area contributed by atoms with Crippen LogP contribution in [0.4, 0.5) is 0 Å². The molecule has 0 spiro atoms. The lowest BCUT2D eigenvalue weighted by molar-refractivity contribution is -0.125. The van der Waals surface area contributed by atoms with E-state index >= 15 is 0 Å². The Labute approximate surface area is 117 Å².